The summed E-state index contributed by atoms with van der Waals surface area (Å²) in [6.45, 7) is 7.41. The molecule has 0 N–H and O–H groups in total. The molecule has 5 rings (SSSR count). The minimum atomic E-state index is -1.73. The van der Waals surface area contributed by atoms with Crippen LogP contribution < -0.4 is 0 Å². The summed E-state index contributed by atoms with van der Waals surface area (Å²) < 4.78 is 17.4. The summed E-state index contributed by atoms with van der Waals surface area (Å²) in [5, 5.41) is 6.58. The molecule has 6 nitrogen and oxygen atoms in total. The first-order valence-electron chi connectivity index (χ1n) is 13.0. The van der Waals surface area contributed by atoms with Crippen LogP contribution in [0.2, 0.25) is 0 Å². The first-order chi connectivity index (χ1) is 16.9. The average molecular weight is 478 g/mol. The zero-order chi connectivity index (χ0) is 24.4. The lowest BCUT2D eigenvalue weighted by Gasteiger charge is -2.34. The van der Waals surface area contributed by atoms with Gasteiger partial charge in [0.25, 0.3) is 0 Å². The Labute approximate surface area is 207 Å². The summed E-state index contributed by atoms with van der Waals surface area (Å²) in [4.78, 5) is 22.1. The number of ketones is 1. The van der Waals surface area contributed by atoms with Gasteiger partial charge in [0.15, 0.2) is 11.5 Å². The molecule has 0 unspecified atom stereocenters. The highest BCUT2D eigenvalue weighted by atomic mass is 19.1. The van der Waals surface area contributed by atoms with Gasteiger partial charge in [-0.3, -0.25) is 19.4 Å². The van der Waals surface area contributed by atoms with Crippen LogP contribution in [0.4, 0.5) is 4.39 Å². The van der Waals surface area contributed by atoms with E-state index in [1.165, 1.54) is 25.0 Å². The maximum Gasteiger partial charge on any atom is 0.175 e. The van der Waals surface area contributed by atoms with E-state index in [0.717, 1.165) is 48.1 Å². The van der Waals surface area contributed by atoms with Crippen LogP contribution in [0.3, 0.4) is 0 Å². The van der Waals surface area contributed by atoms with Crippen LogP contribution in [0.1, 0.15) is 50.4 Å². The number of likely N-dealkylation sites (tertiary alicyclic amines) is 2. The molecule has 2 aromatic heterocycles. The Morgan fingerprint density at radius 3 is 2.51 bits per heavy atom. The number of fused-ring (bicyclic) bond motifs is 1. The summed E-state index contributed by atoms with van der Waals surface area (Å²) in [5.41, 5.74) is 2.36. The van der Waals surface area contributed by atoms with Crippen molar-refractivity contribution in [1.29, 1.82) is 0 Å². The van der Waals surface area contributed by atoms with Crippen LogP contribution in [0, 0.1) is 0 Å². The Bertz CT molecular complexity index is 1190. The molecular weight excluding hydrogens is 441 g/mol. The average Bonchev–Trinajstić information content (AvgIpc) is 3.24. The number of carbonyl (C=O) groups excluding carboxylic acids is 1. The molecule has 3 aromatic rings. The van der Waals surface area contributed by atoms with Crippen LogP contribution >= 0.6 is 0 Å². The molecule has 0 spiro atoms. The van der Waals surface area contributed by atoms with Crippen molar-refractivity contribution in [2.24, 2.45) is 7.05 Å². The van der Waals surface area contributed by atoms with E-state index in [0.29, 0.717) is 18.8 Å². The number of halogens is 1. The number of rotatable bonds is 7. The van der Waals surface area contributed by atoms with Crippen molar-refractivity contribution in [3.05, 3.63) is 48.0 Å². The van der Waals surface area contributed by atoms with Gasteiger partial charge in [0, 0.05) is 62.4 Å². The Kier molecular flexibility index (Phi) is 6.98. The summed E-state index contributed by atoms with van der Waals surface area (Å²) in [6, 6.07) is 8.27. The van der Waals surface area contributed by atoms with Crippen molar-refractivity contribution < 1.29 is 9.18 Å². The van der Waals surface area contributed by atoms with E-state index in [1.807, 2.05) is 24.0 Å². The minimum Gasteiger partial charge on any atom is -0.303 e. The lowest BCUT2D eigenvalue weighted by molar-refractivity contribution is -0.133. The lowest BCUT2D eigenvalue weighted by Crippen LogP contribution is -2.47. The van der Waals surface area contributed by atoms with Gasteiger partial charge in [-0.15, -0.1) is 0 Å². The monoisotopic (exact) mass is 477 g/mol. The molecule has 35 heavy (non-hydrogen) atoms. The number of carbonyl (C=O) groups is 1. The Hall–Kier alpha value is -2.64. The number of hydrogen-bond donors (Lipinski definition) is 0. The second-order valence-corrected chi connectivity index (χ2v) is 10.2. The molecule has 0 bridgehead atoms. The third kappa shape index (κ3) is 5.16. The maximum atomic E-state index is 15.4. The van der Waals surface area contributed by atoms with E-state index in [4.69, 9.17) is 0 Å². The van der Waals surface area contributed by atoms with E-state index in [2.05, 4.69) is 45.0 Å². The van der Waals surface area contributed by atoms with Gasteiger partial charge >= 0.3 is 0 Å². The molecular formula is C28H36FN5O. The van der Waals surface area contributed by atoms with Gasteiger partial charge in [0.1, 0.15) is 0 Å². The highest BCUT2D eigenvalue weighted by Crippen LogP contribution is 2.31. The molecule has 0 saturated carbocycles. The van der Waals surface area contributed by atoms with E-state index in [1.54, 1.807) is 6.20 Å². The fraction of sp³-hybridized carbons (Fsp3) is 0.536. The molecule has 4 heterocycles. The number of aromatic nitrogens is 3. The number of Topliss-reactive ketones (excluding diaryl/α,β-unsaturated/α-hetero) is 1. The van der Waals surface area contributed by atoms with Gasteiger partial charge in [-0.05, 0) is 55.6 Å². The fourth-order valence-electron chi connectivity index (χ4n) is 5.50. The van der Waals surface area contributed by atoms with Gasteiger partial charge < -0.3 is 4.90 Å². The van der Waals surface area contributed by atoms with Crippen LogP contribution in [-0.2, 0) is 24.8 Å². The van der Waals surface area contributed by atoms with Crippen molar-refractivity contribution in [2.75, 3.05) is 32.7 Å². The second kappa shape index (κ2) is 10.2. The summed E-state index contributed by atoms with van der Waals surface area (Å²) >= 11 is 0. The molecule has 2 aliphatic rings. The predicted octanol–water partition coefficient (Wildman–Crippen LogP) is 4.56. The quantitative estimate of drug-likeness (QED) is 0.500. The first-order valence-corrected chi connectivity index (χ1v) is 13.0. The molecule has 2 fully saturated rings. The molecule has 1 aromatic carbocycles. The standard InChI is InChI=1S/C28H36FN5O/c1-3-33-13-9-28(29,10-14-33)27(35)17-24-16-23-15-21(7-8-22(23)18-30-24)25-19-31-32(2)26(25)20-34-11-5-4-6-12-34/h7-8,15-16,18-19H,3-6,9-14,17,20H2,1-2H3. The van der Waals surface area contributed by atoms with Crippen molar-refractivity contribution in [1.82, 2.24) is 24.6 Å². The van der Waals surface area contributed by atoms with Crippen molar-refractivity contribution in [2.45, 2.75) is 57.7 Å². The van der Waals surface area contributed by atoms with Gasteiger partial charge in [-0.1, -0.05) is 25.5 Å². The normalized spacial score (nSPS) is 19.3. The Balaban J connectivity index is 1.36. The fourth-order valence-corrected chi connectivity index (χ4v) is 5.50. The third-order valence-electron chi connectivity index (χ3n) is 7.91. The Morgan fingerprint density at radius 1 is 1.00 bits per heavy atom. The Morgan fingerprint density at radius 2 is 1.77 bits per heavy atom. The topological polar surface area (TPSA) is 54.3 Å². The van der Waals surface area contributed by atoms with E-state index in [-0.39, 0.29) is 25.0 Å². The molecule has 0 aliphatic carbocycles. The number of nitrogens with zero attached hydrogens (tertiary/aromatic N) is 5. The first kappa shape index (κ1) is 24.1. The predicted molar refractivity (Wildman–Crippen MR) is 137 cm³/mol. The number of piperidine rings is 2. The van der Waals surface area contributed by atoms with E-state index >= 15 is 4.39 Å². The van der Waals surface area contributed by atoms with Crippen LogP contribution in [0.15, 0.2) is 36.7 Å². The molecule has 0 radical (unpaired) electrons. The lowest BCUT2D eigenvalue weighted by atomic mass is 9.87. The largest absolute Gasteiger partial charge is 0.303 e. The van der Waals surface area contributed by atoms with Crippen molar-refractivity contribution in [3.63, 3.8) is 0 Å². The van der Waals surface area contributed by atoms with Crippen LogP contribution in [0.5, 0.6) is 0 Å². The smallest absolute Gasteiger partial charge is 0.175 e. The van der Waals surface area contributed by atoms with Gasteiger partial charge in [0.2, 0.25) is 0 Å². The summed E-state index contributed by atoms with van der Waals surface area (Å²) in [7, 11) is 2.01. The number of pyridine rings is 1. The number of benzene rings is 1. The van der Waals surface area contributed by atoms with Gasteiger partial charge in [-0.2, -0.15) is 5.10 Å². The third-order valence-corrected chi connectivity index (χ3v) is 7.91. The molecule has 7 heteroatoms. The highest BCUT2D eigenvalue weighted by Gasteiger charge is 2.40. The summed E-state index contributed by atoms with van der Waals surface area (Å²) in [6.07, 6.45) is 8.17. The molecule has 0 amide bonds. The highest BCUT2D eigenvalue weighted by molar-refractivity contribution is 5.91. The number of hydrogen-bond acceptors (Lipinski definition) is 5. The van der Waals surface area contributed by atoms with Crippen LogP contribution in [-0.4, -0.2) is 68.7 Å². The van der Waals surface area contributed by atoms with Crippen molar-refractivity contribution in [3.8, 4) is 11.1 Å². The van der Waals surface area contributed by atoms with Crippen molar-refractivity contribution >= 4 is 16.6 Å². The molecule has 2 saturated heterocycles. The molecule has 186 valence electrons. The molecule has 0 atom stereocenters. The molecule has 2 aliphatic heterocycles. The van der Waals surface area contributed by atoms with Crippen LogP contribution in [0.25, 0.3) is 21.9 Å². The zero-order valence-corrected chi connectivity index (χ0v) is 21.0. The minimum absolute atomic E-state index is 0.0376. The summed E-state index contributed by atoms with van der Waals surface area (Å²) in [5.74, 6) is -0.340. The van der Waals surface area contributed by atoms with E-state index in [9.17, 15) is 4.79 Å². The SMILES string of the molecule is CCN1CCC(F)(C(=O)Cc2cc3cc(-c4cnn(C)c4CN4CCCCC4)ccc3cn2)CC1. The second-order valence-electron chi connectivity index (χ2n) is 10.2. The van der Waals surface area contributed by atoms with Gasteiger partial charge in [-0.25, -0.2) is 4.39 Å². The van der Waals surface area contributed by atoms with Gasteiger partial charge in [0.05, 0.1) is 18.3 Å². The number of aryl methyl sites for hydroxylation is 1. The zero-order valence-electron chi connectivity index (χ0n) is 21.0. The maximum absolute atomic E-state index is 15.4. The number of alkyl halides is 1. The van der Waals surface area contributed by atoms with E-state index < -0.39 is 5.67 Å².